The van der Waals surface area contributed by atoms with Crippen molar-refractivity contribution in [3.8, 4) is 16.9 Å². The van der Waals surface area contributed by atoms with Gasteiger partial charge in [0.05, 0.1) is 0 Å². The van der Waals surface area contributed by atoms with Gasteiger partial charge in [0.2, 0.25) is 0 Å². The number of benzene rings is 3. The maximum Gasteiger partial charge on any atom is 0.344 e. The summed E-state index contributed by atoms with van der Waals surface area (Å²) in [5.41, 5.74) is 4.56. The molecular weight excluding hydrogens is 352 g/mol. The van der Waals surface area contributed by atoms with Crippen LogP contribution in [0.3, 0.4) is 0 Å². The van der Waals surface area contributed by atoms with Crippen molar-refractivity contribution in [2.24, 2.45) is 0 Å². The Morgan fingerprint density at radius 2 is 1.50 bits per heavy atom. The van der Waals surface area contributed by atoms with Crippen molar-refractivity contribution in [2.45, 2.75) is 13.8 Å². The van der Waals surface area contributed by atoms with Crippen molar-refractivity contribution in [3.63, 3.8) is 0 Å². The molecule has 0 saturated heterocycles. The average Bonchev–Trinajstić information content (AvgIpc) is 2.73. The van der Waals surface area contributed by atoms with Gasteiger partial charge in [-0.15, -0.1) is 0 Å². The van der Waals surface area contributed by atoms with Crippen LogP contribution >= 0.6 is 0 Å². The highest BCUT2D eigenvalue weighted by molar-refractivity contribution is 5.98. The van der Waals surface area contributed by atoms with Crippen LogP contribution in [-0.4, -0.2) is 25.0 Å². The number of carbonyl (C=O) groups is 2. The molecule has 0 spiro atoms. The second-order valence-corrected chi connectivity index (χ2v) is 6.53. The lowest BCUT2D eigenvalue weighted by molar-refractivity contribution is -0.144. The van der Waals surface area contributed by atoms with Crippen molar-refractivity contribution in [3.05, 3.63) is 89.5 Å². The summed E-state index contributed by atoms with van der Waals surface area (Å²) in [4.78, 5) is 24.2. The molecule has 0 aliphatic rings. The zero-order valence-electron chi connectivity index (χ0n) is 16.0. The van der Waals surface area contributed by atoms with Gasteiger partial charge in [0.15, 0.2) is 19.0 Å². The van der Waals surface area contributed by atoms with Crippen molar-refractivity contribution in [2.75, 3.05) is 13.2 Å². The highest BCUT2D eigenvalue weighted by atomic mass is 16.6. The van der Waals surface area contributed by atoms with Gasteiger partial charge in [0.1, 0.15) is 5.75 Å². The van der Waals surface area contributed by atoms with Gasteiger partial charge in [-0.1, -0.05) is 60.7 Å². The molecule has 0 radical (unpaired) electrons. The first-order chi connectivity index (χ1) is 13.5. The van der Waals surface area contributed by atoms with Gasteiger partial charge in [-0.3, -0.25) is 4.79 Å². The van der Waals surface area contributed by atoms with Crippen LogP contribution < -0.4 is 4.74 Å². The lowest BCUT2D eigenvalue weighted by Gasteiger charge is -2.11. The van der Waals surface area contributed by atoms with Gasteiger partial charge in [0.25, 0.3) is 0 Å². The van der Waals surface area contributed by atoms with Crippen LogP contribution in [0.5, 0.6) is 5.75 Å². The highest BCUT2D eigenvalue weighted by Crippen LogP contribution is 2.29. The maximum atomic E-state index is 12.2. The van der Waals surface area contributed by atoms with Gasteiger partial charge in [-0.05, 0) is 42.7 Å². The summed E-state index contributed by atoms with van der Waals surface area (Å²) in [6.07, 6.45) is 0. The fourth-order valence-electron chi connectivity index (χ4n) is 2.77. The van der Waals surface area contributed by atoms with E-state index >= 15 is 0 Å². The molecule has 0 bridgehead atoms. The highest BCUT2D eigenvalue weighted by Gasteiger charge is 2.13. The molecule has 28 heavy (non-hydrogen) atoms. The molecule has 4 heteroatoms. The minimum atomic E-state index is -0.583. The molecule has 3 rings (SSSR count). The molecule has 0 fully saturated rings. The number of Topliss-reactive ketones (excluding diaryl/α,β-unsaturated/α-hetero) is 1. The quantitative estimate of drug-likeness (QED) is 0.441. The molecule has 0 atom stereocenters. The molecule has 0 amide bonds. The Morgan fingerprint density at radius 3 is 2.25 bits per heavy atom. The number of hydrogen-bond acceptors (Lipinski definition) is 4. The van der Waals surface area contributed by atoms with E-state index < -0.39 is 5.97 Å². The van der Waals surface area contributed by atoms with Crippen LogP contribution in [0.15, 0.2) is 72.8 Å². The molecule has 0 heterocycles. The molecule has 0 saturated carbocycles. The molecule has 0 aromatic heterocycles. The van der Waals surface area contributed by atoms with E-state index in [0.717, 1.165) is 22.3 Å². The second kappa shape index (κ2) is 9.00. The Bertz CT molecular complexity index is 977. The first-order valence-corrected chi connectivity index (χ1v) is 9.08. The number of para-hydroxylation sites is 1. The number of ketones is 1. The number of carbonyl (C=O) groups excluding carboxylic acids is 2. The fourth-order valence-corrected chi connectivity index (χ4v) is 2.77. The Labute approximate surface area is 164 Å². The molecule has 3 aromatic carbocycles. The topological polar surface area (TPSA) is 52.6 Å². The number of rotatable bonds is 7. The molecule has 0 aliphatic carbocycles. The number of esters is 1. The van der Waals surface area contributed by atoms with Crippen LogP contribution in [-0.2, 0) is 9.53 Å². The molecule has 0 aliphatic heterocycles. The molecular formula is C24H22O4. The zero-order valence-corrected chi connectivity index (χ0v) is 16.0. The summed E-state index contributed by atoms with van der Waals surface area (Å²) < 4.78 is 10.7. The minimum Gasteiger partial charge on any atom is -0.481 e. The molecule has 142 valence electrons. The smallest absolute Gasteiger partial charge is 0.344 e. The normalized spacial score (nSPS) is 10.4. The second-order valence-electron chi connectivity index (χ2n) is 6.53. The summed E-state index contributed by atoms with van der Waals surface area (Å²) >= 11 is 0. The first kappa shape index (κ1) is 19.4. The van der Waals surface area contributed by atoms with Crippen LogP contribution in [0.1, 0.15) is 21.5 Å². The molecule has 0 unspecified atom stereocenters. The summed E-state index contributed by atoms with van der Waals surface area (Å²) in [5, 5.41) is 0. The molecule has 3 aromatic rings. The molecule has 0 N–H and O–H groups in total. The predicted octanol–water partition coefficient (Wildman–Crippen LogP) is 4.78. The lowest BCUT2D eigenvalue weighted by atomic mass is 10.0. The van der Waals surface area contributed by atoms with E-state index in [4.69, 9.17) is 9.47 Å². The van der Waals surface area contributed by atoms with Gasteiger partial charge in [-0.2, -0.15) is 0 Å². The van der Waals surface area contributed by atoms with E-state index in [2.05, 4.69) is 0 Å². The zero-order chi connectivity index (χ0) is 19.9. The predicted molar refractivity (Wildman–Crippen MR) is 109 cm³/mol. The minimum absolute atomic E-state index is 0.235. The Hall–Kier alpha value is -3.40. The van der Waals surface area contributed by atoms with E-state index in [1.54, 1.807) is 18.2 Å². The summed E-state index contributed by atoms with van der Waals surface area (Å²) in [6.45, 7) is 3.36. The van der Waals surface area contributed by atoms with Crippen molar-refractivity contribution < 1.29 is 19.1 Å². The van der Waals surface area contributed by atoms with Crippen LogP contribution in [0.2, 0.25) is 0 Å². The standard InChI is InChI=1S/C24H22O4/c1-17-12-13-20(14-18(17)2)22(25)15-28-24(26)16-27-23-11-7-6-10-21(23)19-8-4-3-5-9-19/h3-14H,15-16H2,1-2H3. The van der Waals surface area contributed by atoms with Crippen LogP contribution in [0.25, 0.3) is 11.1 Å². The van der Waals surface area contributed by atoms with E-state index in [1.807, 2.05) is 68.4 Å². The largest absolute Gasteiger partial charge is 0.481 e. The van der Waals surface area contributed by atoms with Gasteiger partial charge in [-0.25, -0.2) is 4.79 Å². The molecule has 4 nitrogen and oxygen atoms in total. The van der Waals surface area contributed by atoms with E-state index in [0.29, 0.717) is 11.3 Å². The third-order valence-electron chi connectivity index (χ3n) is 4.51. The van der Waals surface area contributed by atoms with Crippen LogP contribution in [0, 0.1) is 13.8 Å². The summed E-state index contributed by atoms with van der Waals surface area (Å²) in [7, 11) is 0. The van der Waals surface area contributed by atoms with Crippen LogP contribution in [0.4, 0.5) is 0 Å². The Kier molecular flexibility index (Phi) is 6.22. The first-order valence-electron chi connectivity index (χ1n) is 9.08. The maximum absolute atomic E-state index is 12.2. The lowest BCUT2D eigenvalue weighted by Crippen LogP contribution is -2.19. The number of aryl methyl sites for hydroxylation is 2. The summed E-state index contributed by atoms with van der Waals surface area (Å²) in [5.74, 6) is -0.229. The van der Waals surface area contributed by atoms with E-state index in [-0.39, 0.29) is 19.0 Å². The van der Waals surface area contributed by atoms with Gasteiger partial charge >= 0.3 is 5.97 Å². The van der Waals surface area contributed by atoms with Crippen molar-refractivity contribution in [1.29, 1.82) is 0 Å². The Morgan fingerprint density at radius 1 is 0.786 bits per heavy atom. The number of hydrogen-bond donors (Lipinski definition) is 0. The Balaban J connectivity index is 1.56. The van der Waals surface area contributed by atoms with Crippen molar-refractivity contribution in [1.82, 2.24) is 0 Å². The van der Waals surface area contributed by atoms with Crippen molar-refractivity contribution >= 4 is 11.8 Å². The van der Waals surface area contributed by atoms with E-state index in [1.165, 1.54) is 0 Å². The van der Waals surface area contributed by atoms with Gasteiger partial charge < -0.3 is 9.47 Å². The third-order valence-corrected chi connectivity index (χ3v) is 4.51. The SMILES string of the molecule is Cc1ccc(C(=O)COC(=O)COc2ccccc2-c2ccccc2)cc1C. The summed E-state index contributed by atoms with van der Waals surface area (Å²) in [6, 6.07) is 22.7. The average molecular weight is 374 g/mol. The fraction of sp³-hybridized carbons (Fsp3) is 0.167. The van der Waals surface area contributed by atoms with E-state index in [9.17, 15) is 9.59 Å². The monoisotopic (exact) mass is 374 g/mol. The number of ether oxygens (including phenoxy) is 2. The van der Waals surface area contributed by atoms with Gasteiger partial charge in [0, 0.05) is 11.1 Å². The third kappa shape index (κ3) is 4.86.